The van der Waals surface area contributed by atoms with Crippen LogP contribution in [0.25, 0.3) is 0 Å². The minimum Gasteiger partial charge on any atom is -0.394 e. The zero-order chi connectivity index (χ0) is 28.9. The molecule has 3 aliphatic heterocycles. The van der Waals surface area contributed by atoms with Crippen molar-refractivity contribution in [2.24, 2.45) is 46.3 Å². The minimum absolute atomic E-state index is 0.129. The highest BCUT2D eigenvalue weighted by molar-refractivity contribution is 5.26. The highest BCUT2D eigenvalue weighted by atomic mass is 16.7. The lowest BCUT2D eigenvalue weighted by atomic mass is 9.47. The fraction of sp³-hybridized carbons (Fsp3) is 0.939. The molecule has 0 aromatic rings. The SMILES string of the molecule is C[C@@H]1CC[C@@]2(OC1)O[C@H]1C[C@@H]3[C@@H]4CC=C5C[C@@H](O[C@@H]6O[C@H](CO)[C@@H](O)[C@H](O)[C@H]6O)CC[C@]5(C)[C@@H]4CC[C@]3(C)[C@H]1[C@@H]2C. The van der Waals surface area contributed by atoms with E-state index in [1.807, 2.05) is 0 Å². The van der Waals surface area contributed by atoms with E-state index in [2.05, 4.69) is 33.8 Å². The van der Waals surface area contributed by atoms with Crippen molar-refractivity contribution < 1.29 is 39.4 Å². The van der Waals surface area contributed by atoms with Crippen LogP contribution in [0.15, 0.2) is 11.6 Å². The van der Waals surface area contributed by atoms with Gasteiger partial charge >= 0.3 is 0 Å². The molecule has 7 rings (SSSR count). The molecular weight excluding hydrogens is 524 g/mol. The van der Waals surface area contributed by atoms with Gasteiger partial charge in [-0.3, -0.25) is 0 Å². The van der Waals surface area contributed by atoms with E-state index >= 15 is 0 Å². The van der Waals surface area contributed by atoms with E-state index in [0.29, 0.717) is 47.0 Å². The normalized spacial score (nSPS) is 58.3. The van der Waals surface area contributed by atoms with E-state index in [-0.39, 0.29) is 17.3 Å². The second-order valence-corrected chi connectivity index (χ2v) is 15.5. The van der Waals surface area contributed by atoms with Crippen LogP contribution in [-0.4, -0.2) is 82.3 Å². The topological polar surface area (TPSA) is 118 Å². The maximum absolute atomic E-state index is 10.5. The number of hydrogen-bond donors (Lipinski definition) is 4. The third-order valence-corrected chi connectivity index (χ3v) is 13.5. The van der Waals surface area contributed by atoms with Gasteiger partial charge in [-0.05, 0) is 91.8 Å². The van der Waals surface area contributed by atoms with Gasteiger partial charge in [-0.1, -0.05) is 39.3 Å². The molecule has 41 heavy (non-hydrogen) atoms. The Kier molecular flexibility index (Phi) is 7.27. The van der Waals surface area contributed by atoms with Crippen LogP contribution >= 0.6 is 0 Å². The molecule has 0 aromatic heterocycles. The van der Waals surface area contributed by atoms with Crippen molar-refractivity contribution in [1.82, 2.24) is 0 Å². The summed E-state index contributed by atoms with van der Waals surface area (Å²) in [6, 6.07) is 0. The van der Waals surface area contributed by atoms with Crippen LogP contribution in [0.2, 0.25) is 0 Å². The van der Waals surface area contributed by atoms with Crippen molar-refractivity contribution in [3.63, 3.8) is 0 Å². The Hall–Kier alpha value is -0.580. The van der Waals surface area contributed by atoms with Crippen LogP contribution in [0, 0.1) is 46.3 Å². The van der Waals surface area contributed by atoms with Crippen LogP contribution in [0.1, 0.15) is 85.5 Å². The monoisotopic (exact) mass is 576 g/mol. The maximum atomic E-state index is 10.5. The first-order chi connectivity index (χ1) is 19.5. The summed E-state index contributed by atoms with van der Waals surface area (Å²) in [4.78, 5) is 0. The number of allylic oxidation sites excluding steroid dienone is 1. The predicted octanol–water partition coefficient (Wildman–Crippen LogP) is 3.54. The molecule has 8 nitrogen and oxygen atoms in total. The van der Waals surface area contributed by atoms with Gasteiger partial charge in [-0.25, -0.2) is 0 Å². The lowest BCUT2D eigenvalue weighted by Crippen LogP contribution is -2.60. The van der Waals surface area contributed by atoms with Crippen LogP contribution in [0.3, 0.4) is 0 Å². The molecule has 4 aliphatic carbocycles. The van der Waals surface area contributed by atoms with Gasteiger partial charge in [0.2, 0.25) is 0 Å². The molecule has 0 aromatic carbocycles. The fourth-order valence-corrected chi connectivity index (χ4v) is 11.1. The number of aliphatic hydroxyl groups is 4. The maximum Gasteiger partial charge on any atom is 0.186 e. The lowest BCUT2D eigenvalue weighted by Gasteiger charge is -2.58. The highest BCUT2D eigenvalue weighted by Gasteiger charge is 2.68. The molecule has 6 fully saturated rings. The van der Waals surface area contributed by atoms with Crippen molar-refractivity contribution in [3.05, 3.63) is 11.6 Å². The van der Waals surface area contributed by atoms with E-state index < -0.39 is 37.3 Å². The third kappa shape index (κ3) is 4.29. The summed E-state index contributed by atoms with van der Waals surface area (Å²) < 4.78 is 25.3. The first-order valence-corrected chi connectivity index (χ1v) is 16.5. The molecule has 4 N–H and O–H groups in total. The average molecular weight is 577 g/mol. The molecular formula is C33H52O8. The molecule has 0 radical (unpaired) electrons. The van der Waals surface area contributed by atoms with Crippen molar-refractivity contribution in [1.29, 1.82) is 0 Å². The Morgan fingerprint density at radius 2 is 1.78 bits per heavy atom. The van der Waals surface area contributed by atoms with Crippen molar-refractivity contribution >= 4 is 0 Å². The van der Waals surface area contributed by atoms with Gasteiger partial charge in [0.15, 0.2) is 12.1 Å². The van der Waals surface area contributed by atoms with Gasteiger partial charge in [-0.2, -0.15) is 0 Å². The number of aliphatic hydroxyl groups excluding tert-OH is 4. The van der Waals surface area contributed by atoms with Gasteiger partial charge in [0, 0.05) is 12.3 Å². The Labute approximate surface area is 244 Å². The highest BCUT2D eigenvalue weighted by Crippen LogP contribution is 2.70. The Morgan fingerprint density at radius 3 is 2.51 bits per heavy atom. The first-order valence-electron chi connectivity index (χ1n) is 16.5. The molecule has 232 valence electrons. The quantitative estimate of drug-likeness (QED) is 0.377. The van der Waals surface area contributed by atoms with Crippen LogP contribution in [0.5, 0.6) is 0 Å². The van der Waals surface area contributed by atoms with Gasteiger partial charge in [-0.15, -0.1) is 0 Å². The number of ether oxygens (including phenoxy) is 4. The second kappa shape index (κ2) is 10.2. The molecule has 3 saturated carbocycles. The minimum atomic E-state index is -1.41. The van der Waals surface area contributed by atoms with E-state index in [0.717, 1.165) is 45.1 Å². The summed E-state index contributed by atoms with van der Waals surface area (Å²) in [5.41, 5.74) is 1.91. The molecule has 1 spiro atoms. The summed E-state index contributed by atoms with van der Waals surface area (Å²) >= 11 is 0. The Morgan fingerprint density at radius 1 is 0.976 bits per heavy atom. The third-order valence-electron chi connectivity index (χ3n) is 13.5. The largest absolute Gasteiger partial charge is 0.394 e. The van der Waals surface area contributed by atoms with E-state index in [1.54, 1.807) is 0 Å². The van der Waals surface area contributed by atoms with E-state index in [9.17, 15) is 20.4 Å². The Balaban J connectivity index is 1.05. The van der Waals surface area contributed by atoms with Crippen molar-refractivity contribution in [3.8, 4) is 0 Å². The van der Waals surface area contributed by atoms with E-state index in [1.165, 1.54) is 24.8 Å². The second-order valence-electron chi connectivity index (χ2n) is 15.5. The molecule has 7 aliphatic rings. The fourth-order valence-electron chi connectivity index (χ4n) is 11.1. The summed E-state index contributed by atoms with van der Waals surface area (Å²) in [6.07, 6.45) is 6.24. The standard InChI is InChI=1S/C33H52O8/c1-17-7-12-33(38-16-17)18(2)26-24(41-33)14-23-21-6-5-19-13-20(8-10-31(19,3)22(21)9-11-32(23,26)4)39-30-29(37)28(36)27(35)25(15-34)40-30/h5,17-18,20-30,34-37H,6-16H2,1-4H3/t17-,18+,20+,21-,22-,23-,24+,25-,26+,27-,28+,29-,30-,31+,32+,33-/m1/s1. The van der Waals surface area contributed by atoms with Crippen LogP contribution in [0.4, 0.5) is 0 Å². The van der Waals surface area contributed by atoms with Gasteiger partial charge < -0.3 is 39.4 Å². The summed E-state index contributed by atoms with van der Waals surface area (Å²) in [5, 5.41) is 40.4. The molecule has 0 amide bonds. The summed E-state index contributed by atoms with van der Waals surface area (Å²) in [5.74, 6) is 3.28. The molecule has 3 saturated heterocycles. The smallest absolute Gasteiger partial charge is 0.186 e. The number of rotatable bonds is 3. The molecule has 8 heteroatoms. The first kappa shape index (κ1) is 29.1. The van der Waals surface area contributed by atoms with E-state index in [4.69, 9.17) is 18.9 Å². The lowest BCUT2D eigenvalue weighted by molar-refractivity contribution is -0.313. The van der Waals surface area contributed by atoms with Gasteiger partial charge in [0.1, 0.15) is 24.4 Å². The Bertz CT molecular complexity index is 1020. The summed E-state index contributed by atoms with van der Waals surface area (Å²) in [6.45, 7) is 10.1. The zero-order valence-corrected chi connectivity index (χ0v) is 25.3. The predicted molar refractivity (Wildman–Crippen MR) is 150 cm³/mol. The summed E-state index contributed by atoms with van der Waals surface area (Å²) in [7, 11) is 0. The number of fused-ring (bicyclic) bond motifs is 7. The molecule has 16 atom stereocenters. The van der Waals surface area contributed by atoms with Crippen LogP contribution in [-0.2, 0) is 18.9 Å². The average Bonchev–Trinajstić information content (AvgIpc) is 3.40. The zero-order valence-electron chi connectivity index (χ0n) is 25.3. The van der Waals surface area contributed by atoms with Crippen molar-refractivity contribution in [2.45, 2.75) is 134 Å². The van der Waals surface area contributed by atoms with Gasteiger partial charge in [0.25, 0.3) is 0 Å². The van der Waals surface area contributed by atoms with Gasteiger partial charge in [0.05, 0.1) is 25.4 Å². The number of hydrogen-bond acceptors (Lipinski definition) is 8. The molecule has 0 bridgehead atoms. The van der Waals surface area contributed by atoms with Crippen LogP contribution < -0.4 is 0 Å². The molecule has 0 unspecified atom stereocenters. The van der Waals surface area contributed by atoms with Crippen molar-refractivity contribution in [2.75, 3.05) is 13.2 Å². The molecule has 3 heterocycles.